The molecule has 2 aromatic heterocycles. The van der Waals surface area contributed by atoms with Crippen LogP contribution in [0.3, 0.4) is 0 Å². The molecule has 40 heavy (non-hydrogen) atoms. The molecule has 0 spiro atoms. The topological polar surface area (TPSA) is 66.5 Å². The van der Waals surface area contributed by atoms with Crippen LogP contribution in [0.5, 0.6) is 0 Å². The number of rotatable bonds is 9. The summed E-state index contributed by atoms with van der Waals surface area (Å²) in [5, 5.41) is 8.12. The minimum absolute atomic E-state index is 0.109. The maximum absolute atomic E-state index is 13.1. The van der Waals surface area contributed by atoms with Gasteiger partial charge in [0.15, 0.2) is 0 Å². The number of nitrogens with zero attached hydrogens (tertiary/aromatic N) is 4. The molecule has 1 amide bonds. The number of piperazine rings is 1. The van der Waals surface area contributed by atoms with Crippen LogP contribution in [-0.2, 0) is 11.3 Å². The fourth-order valence-corrected chi connectivity index (χ4v) is 5.40. The first-order valence-electron chi connectivity index (χ1n) is 13.8. The van der Waals surface area contributed by atoms with Crippen LogP contribution in [-0.4, -0.2) is 58.2 Å². The number of amides is 1. The van der Waals surface area contributed by atoms with Gasteiger partial charge in [0.2, 0.25) is 5.91 Å². The van der Waals surface area contributed by atoms with Crippen molar-refractivity contribution >= 4 is 5.91 Å². The van der Waals surface area contributed by atoms with Crippen LogP contribution in [0, 0.1) is 0 Å². The summed E-state index contributed by atoms with van der Waals surface area (Å²) >= 11 is 0. The van der Waals surface area contributed by atoms with E-state index < -0.39 is 0 Å². The van der Waals surface area contributed by atoms with Crippen molar-refractivity contribution in [2.75, 3.05) is 32.7 Å². The fraction of sp³-hybridized carbons (Fsp3) is 0.212. The molecule has 0 unspecified atom stereocenters. The van der Waals surface area contributed by atoms with Crippen molar-refractivity contribution in [3.05, 3.63) is 132 Å². The van der Waals surface area contributed by atoms with Gasteiger partial charge in [0.1, 0.15) is 5.76 Å². The zero-order valence-corrected chi connectivity index (χ0v) is 22.4. The fourth-order valence-electron chi connectivity index (χ4n) is 5.40. The zero-order valence-electron chi connectivity index (χ0n) is 22.4. The highest BCUT2D eigenvalue weighted by Gasteiger charge is 2.28. The second-order valence-corrected chi connectivity index (χ2v) is 9.99. The molecule has 0 aliphatic carbocycles. The van der Waals surface area contributed by atoms with Crippen LogP contribution in [0.15, 0.2) is 120 Å². The summed E-state index contributed by atoms with van der Waals surface area (Å²) in [4.78, 5) is 17.6. The first-order chi connectivity index (χ1) is 19.8. The number of benzene rings is 3. The maximum Gasteiger partial charge on any atom is 0.236 e. The van der Waals surface area contributed by atoms with Gasteiger partial charge in [-0.3, -0.25) is 9.69 Å². The molecule has 0 bridgehead atoms. The van der Waals surface area contributed by atoms with Crippen LogP contribution in [0.25, 0.3) is 17.0 Å². The van der Waals surface area contributed by atoms with Gasteiger partial charge in [-0.1, -0.05) is 78.9 Å². The van der Waals surface area contributed by atoms with Crippen molar-refractivity contribution < 1.29 is 9.21 Å². The van der Waals surface area contributed by atoms with Crippen molar-refractivity contribution in [2.45, 2.75) is 12.6 Å². The van der Waals surface area contributed by atoms with Crippen LogP contribution in [0.1, 0.15) is 22.9 Å². The van der Waals surface area contributed by atoms with E-state index in [2.05, 4.69) is 70.9 Å². The summed E-state index contributed by atoms with van der Waals surface area (Å²) in [6.07, 6.45) is 3.64. The molecule has 7 heteroatoms. The molecule has 1 fully saturated rings. The molecule has 1 aliphatic heterocycles. The van der Waals surface area contributed by atoms with E-state index in [1.807, 2.05) is 58.2 Å². The van der Waals surface area contributed by atoms with Crippen molar-refractivity contribution in [3.8, 4) is 17.0 Å². The van der Waals surface area contributed by atoms with E-state index in [1.54, 1.807) is 6.26 Å². The van der Waals surface area contributed by atoms with Crippen LogP contribution in [0.4, 0.5) is 0 Å². The Bertz CT molecular complexity index is 1450. The minimum Gasteiger partial charge on any atom is -0.464 e. The van der Waals surface area contributed by atoms with Gasteiger partial charge >= 0.3 is 0 Å². The lowest BCUT2D eigenvalue weighted by molar-refractivity contribution is -0.132. The van der Waals surface area contributed by atoms with E-state index in [4.69, 9.17) is 9.52 Å². The molecule has 1 saturated heterocycles. The van der Waals surface area contributed by atoms with Gasteiger partial charge in [0.25, 0.3) is 0 Å². The molecule has 6 rings (SSSR count). The first-order valence-corrected chi connectivity index (χ1v) is 13.8. The standard InChI is InChI=1S/C33H33N5O2/c39-32(24-34-23-30-29(31-17-10-22-40-31)25-38(35-30)28-15-8-3-9-16-28)36-18-20-37(21-19-36)33(26-11-4-1-5-12-26)27-13-6-2-7-14-27/h1-17,22,25,33-34H,18-21,23-24H2. The molecular weight excluding hydrogens is 498 g/mol. The highest BCUT2D eigenvalue weighted by molar-refractivity contribution is 5.78. The van der Waals surface area contributed by atoms with Crippen molar-refractivity contribution in [2.24, 2.45) is 0 Å². The predicted octanol–water partition coefficient (Wildman–Crippen LogP) is 5.16. The van der Waals surface area contributed by atoms with Crippen molar-refractivity contribution in [3.63, 3.8) is 0 Å². The molecule has 0 saturated carbocycles. The first kappa shape index (κ1) is 25.8. The number of hydrogen-bond donors (Lipinski definition) is 1. The van der Waals surface area contributed by atoms with Gasteiger partial charge in [-0.25, -0.2) is 4.68 Å². The number of para-hydroxylation sites is 1. The maximum atomic E-state index is 13.1. The highest BCUT2D eigenvalue weighted by atomic mass is 16.3. The Balaban J connectivity index is 1.08. The van der Waals surface area contributed by atoms with Gasteiger partial charge in [0.05, 0.1) is 35.8 Å². The quantitative estimate of drug-likeness (QED) is 0.285. The Morgan fingerprint density at radius 2 is 1.43 bits per heavy atom. The Kier molecular flexibility index (Phi) is 7.84. The molecule has 0 atom stereocenters. The Morgan fingerprint density at radius 1 is 0.800 bits per heavy atom. The highest BCUT2D eigenvalue weighted by Crippen LogP contribution is 2.29. The molecule has 1 N–H and O–H groups in total. The molecule has 5 aromatic rings. The lowest BCUT2D eigenvalue weighted by atomic mass is 9.96. The van der Waals surface area contributed by atoms with E-state index in [-0.39, 0.29) is 18.5 Å². The van der Waals surface area contributed by atoms with Crippen molar-refractivity contribution in [1.82, 2.24) is 24.9 Å². The van der Waals surface area contributed by atoms with Gasteiger partial charge < -0.3 is 14.6 Å². The summed E-state index contributed by atoms with van der Waals surface area (Å²) in [5.41, 5.74) is 5.27. The number of carbonyl (C=O) groups excluding carboxylic acids is 1. The van der Waals surface area contributed by atoms with Gasteiger partial charge in [-0.15, -0.1) is 0 Å². The van der Waals surface area contributed by atoms with Crippen LogP contribution in [0.2, 0.25) is 0 Å². The van der Waals surface area contributed by atoms with E-state index in [0.717, 1.165) is 35.8 Å². The molecule has 7 nitrogen and oxygen atoms in total. The van der Waals surface area contributed by atoms with Gasteiger partial charge in [-0.2, -0.15) is 5.10 Å². The summed E-state index contributed by atoms with van der Waals surface area (Å²) in [6, 6.07) is 35.2. The zero-order chi connectivity index (χ0) is 27.1. The summed E-state index contributed by atoms with van der Waals surface area (Å²) in [5.74, 6) is 0.866. The predicted molar refractivity (Wildman–Crippen MR) is 156 cm³/mol. The summed E-state index contributed by atoms with van der Waals surface area (Å²) in [7, 11) is 0. The number of hydrogen-bond acceptors (Lipinski definition) is 5. The number of furan rings is 1. The summed E-state index contributed by atoms with van der Waals surface area (Å²) < 4.78 is 7.52. The molecule has 3 aromatic carbocycles. The SMILES string of the molecule is O=C(CNCc1nn(-c2ccccc2)cc1-c1ccco1)N1CCN(C(c2ccccc2)c2ccccc2)CC1. The van der Waals surface area contributed by atoms with Crippen LogP contribution < -0.4 is 5.32 Å². The van der Waals surface area contributed by atoms with Gasteiger partial charge in [0, 0.05) is 38.9 Å². The van der Waals surface area contributed by atoms with E-state index in [1.165, 1.54) is 11.1 Å². The number of nitrogens with one attached hydrogen (secondary N) is 1. The van der Waals surface area contributed by atoms with E-state index in [9.17, 15) is 4.79 Å². The molecular formula is C33H33N5O2. The second kappa shape index (κ2) is 12.2. The Labute approximate surface area is 234 Å². The van der Waals surface area contributed by atoms with Crippen LogP contribution >= 0.6 is 0 Å². The molecule has 202 valence electrons. The van der Waals surface area contributed by atoms with Crippen molar-refractivity contribution in [1.29, 1.82) is 0 Å². The second-order valence-electron chi connectivity index (χ2n) is 9.99. The Hall–Kier alpha value is -4.46. The normalized spacial score (nSPS) is 14.1. The third kappa shape index (κ3) is 5.76. The molecule has 0 radical (unpaired) electrons. The average Bonchev–Trinajstić information content (AvgIpc) is 3.70. The van der Waals surface area contributed by atoms with E-state index in [0.29, 0.717) is 19.6 Å². The number of aromatic nitrogens is 2. The lowest BCUT2D eigenvalue weighted by Crippen LogP contribution is -2.51. The summed E-state index contributed by atoms with van der Waals surface area (Å²) in [6.45, 7) is 3.78. The van der Waals surface area contributed by atoms with E-state index >= 15 is 0 Å². The smallest absolute Gasteiger partial charge is 0.236 e. The number of carbonyl (C=O) groups is 1. The molecule has 1 aliphatic rings. The minimum atomic E-state index is 0.109. The monoisotopic (exact) mass is 531 g/mol. The Morgan fingerprint density at radius 3 is 2.02 bits per heavy atom. The molecule has 3 heterocycles. The lowest BCUT2D eigenvalue weighted by Gasteiger charge is -2.39. The largest absolute Gasteiger partial charge is 0.464 e. The third-order valence-corrected chi connectivity index (χ3v) is 7.43. The third-order valence-electron chi connectivity index (χ3n) is 7.43. The van der Waals surface area contributed by atoms with Gasteiger partial charge in [-0.05, 0) is 35.4 Å². The average molecular weight is 532 g/mol.